The summed E-state index contributed by atoms with van der Waals surface area (Å²) in [5, 5.41) is 1.04. The molecule has 0 N–H and O–H groups in total. The second-order valence-corrected chi connectivity index (χ2v) is 5.95. The van der Waals surface area contributed by atoms with Gasteiger partial charge < -0.3 is 4.74 Å². The van der Waals surface area contributed by atoms with Crippen molar-refractivity contribution in [3.8, 4) is 0 Å². The fourth-order valence-corrected chi connectivity index (χ4v) is 2.62. The minimum atomic E-state index is -0.323. The quantitative estimate of drug-likeness (QED) is 0.641. The monoisotopic (exact) mass is 355 g/mol. The maximum atomic E-state index is 12.1. The molecule has 3 nitrogen and oxygen atoms in total. The number of benzene rings is 2. The Balaban J connectivity index is 1.75. The maximum Gasteiger partial charge on any atom is 0.338 e. The minimum absolute atomic E-state index is 0.166. The summed E-state index contributed by atoms with van der Waals surface area (Å²) < 4.78 is 6.37. The van der Waals surface area contributed by atoms with E-state index in [9.17, 15) is 4.79 Å². The molecule has 0 fully saturated rings. The predicted octanol–water partition coefficient (Wildman–Crippen LogP) is 4.66. The topological polar surface area (TPSA) is 39.2 Å². The van der Waals surface area contributed by atoms with Crippen LogP contribution in [0.2, 0.25) is 0 Å². The molecule has 22 heavy (non-hydrogen) atoms. The number of ether oxygens (including phenoxy) is 1. The summed E-state index contributed by atoms with van der Waals surface area (Å²) in [7, 11) is 0. The van der Waals surface area contributed by atoms with Gasteiger partial charge in [0.25, 0.3) is 0 Å². The molecule has 0 radical (unpaired) electrons. The molecule has 0 aliphatic carbocycles. The van der Waals surface area contributed by atoms with Crippen molar-refractivity contribution in [3.63, 3.8) is 0 Å². The first-order valence-corrected chi connectivity index (χ1v) is 7.71. The first-order valence-electron chi connectivity index (χ1n) is 6.91. The van der Waals surface area contributed by atoms with Gasteiger partial charge in [0.1, 0.15) is 6.61 Å². The van der Waals surface area contributed by atoms with Gasteiger partial charge >= 0.3 is 5.97 Å². The lowest BCUT2D eigenvalue weighted by Crippen LogP contribution is -2.07. The Labute approximate surface area is 137 Å². The van der Waals surface area contributed by atoms with Gasteiger partial charge in [0.05, 0.1) is 16.8 Å². The van der Waals surface area contributed by atoms with E-state index < -0.39 is 0 Å². The maximum absolute atomic E-state index is 12.1. The number of nitrogens with zero attached hydrogens (tertiary/aromatic N) is 1. The molecule has 1 aromatic heterocycles. The molecule has 0 saturated carbocycles. The Morgan fingerprint density at radius 1 is 1.14 bits per heavy atom. The molecule has 0 spiro atoms. The Morgan fingerprint density at radius 2 is 1.95 bits per heavy atom. The van der Waals surface area contributed by atoms with Crippen molar-refractivity contribution in [1.82, 2.24) is 4.98 Å². The van der Waals surface area contributed by atoms with Crippen LogP contribution in [-0.2, 0) is 11.3 Å². The van der Waals surface area contributed by atoms with Gasteiger partial charge in [0.2, 0.25) is 0 Å². The van der Waals surface area contributed by atoms with Crippen LogP contribution >= 0.6 is 15.9 Å². The summed E-state index contributed by atoms with van der Waals surface area (Å²) in [6.07, 6.45) is 0. The van der Waals surface area contributed by atoms with Crippen molar-refractivity contribution in [1.29, 1.82) is 0 Å². The average molecular weight is 356 g/mol. The van der Waals surface area contributed by atoms with E-state index in [1.807, 2.05) is 55.5 Å². The molecular formula is C18H14BrNO2. The van der Waals surface area contributed by atoms with Crippen molar-refractivity contribution in [2.24, 2.45) is 0 Å². The number of carbonyl (C=O) groups is 1. The van der Waals surface area contributed by atoms with Crippen LogP contribution in [0.15, 0.2) is 59.1 Å². The summed E-state index contributed by atoms with van der Waals surface area (Å²) in [4.78, 5) is 16.6. The van der Waals surface area contributed by atoms with Crippen LogP contribution in [0.25, 0.3) is 10.9 Å². The molecule has 2 aromatic carbocycles. The number of rotatable bonds is 3. The molecule has 1 heterocycles. The van der Waals surface area contributed by atoms with Crippen LogP contribution < -0.4 is 0 Å². The van der Waals surface area contributed by atoms with Crippen LogP contribution in [0.3, 0.4) is 0 Å². The average Bonchev–Trinajstić information content (AvgIpc) is 2.53. The zero-order valence-corrected chi connectivity index (χ0v) is 13.6. The van der Waals surface area contributed by atoms with E-state index in [1.165, 1.54) is 0 Å². The first-order chi connectivity index (χ1) is 10.6. The number of carbonyl (C=O) groups excluding carboxylic acids is 1. The Kier molecular flexibility index (Phi) is 4.20. The third kappa shape index (κ3) is 3.17. The summed E-state index contributed by atoms with van der Waals surface area (Å²) in [6, 6.07) is 17.1. The highest BCUT2D eigenvalue weighted by molar-refractivity contribution is 9.10. The summed E-state index contributed by atoms with van der Waals surface area (Å²) in [6.45, 7) is 2.06. The summed E-state index contributed by atoms with van der Waals surface area (Å²) >= 11 is 3.44. The molecule has 110 valence electrons. The molecular weight excluding hydrogens is 342 g/mol. The normalized spacial score (nSPS) is 10.6. The van der Waals surface area contributed by atoms with Gasteiger partial charge in [-0.2, -0.15) is 0 Å². The summed E-state index contributed by atoms with van der Waals surface area (Å²) in [5.74, 6) is -0.323. The first kappa shape index (κ1) is 14.7. The number of esters is 1. The van der Waals surface area contributed by atoms with E-state index in [2.05, 4.69) is 20.9 Å². The molecule has 0 bridgehead atoms. The minimum Gasteiger partial charge on any atom is -0.456 e. The van der Waals surface area contributed by atoms with Crippen molar-refractivity contribution in [2.45, 2.75) is 13.5 Å². The second kappa shape index (κ2) is 6.28. The highest BCUT2D eigenvalue weighted by Crippen LogP contribution is 2.19. The van der Waals surface area contributed by atoms with Crippen molar-refractivity contribution < 1.29 is 9.53 Å². The molecule has 0 saturated heterocycles. The zero-order valence-electron chi connectivity index (χ0n) is 12.0. The molecule has 4 heteroatoms. The van der Waals surface area contributed by atoms with Gasteiger partial charge in [-0.1, -0.05) is 40.2 Å². The number of halogens is 1. The lowest BCUT2D eigenvalue weighted by atomic mass is 10.1. The standard InChI is InChI=1S/C18H14BrNO2/c1-12-4-2-3-5-16(12)18(21)22-11-15-8-6-13-10-14(19)7-9-17(13)20-15/h2-10H,11H2,1H3. The van der Waals surface area contributed by atoms with Crippen LogP contribution in [0.1, 0.15) is 21.6 Å². The third-order valence-corrected chi connectivity index (χ3v) is 3.92. The van der Waals surface area contributed by atoms with Gasteiger partial charge in [-0.25, -0.2) is 9.78 Å². The molecule has 3 rings (SSSR count). The molecule has 0 aliphatic rings. The molecule has 0 aliphatic heterocycles. The van der Waals surface area contributed by atoms with E-state index >= 15 is 0 Å². The van der Waals surface area contributed by atoms with Gasteiger partial charge in [-0.15, -0.1) is 0 Å². The number of hydrogen-bond acceptors (Lipinski definition) is 3. The van der Waals surface area contributed by atoms with Crippen LogP contribution in [0.4, 0.5) is 0 Å². The Morgan fingerprint density at radius 3 is 2.77 bits per heavy atom. The predicted molar refractivity (Wildman–Crippen MR) is 89.7 cm³/mol. The number of aromatic nitrogens is 1. The van der Waals surface area contributed by atoms with E-state index in [-0.39, 0.29) is 12.6 Å². The van der Waals surface area contributed by atoms with Crippen LogP contribution in [-0.4, -0.2) is 11.0 Å². The van der Waals surface area contributed by atoms with Crippen molar-refractivity contribution >= 4 is 32.8 Å². The van der Waals surface area contributed by atoms with E-state index in [1.54, 1.807) is 6.07 Å². The second-order valence-electron chi connectivity index (χ2n) is 5.03. The van der Waals surface area contributed by atoms with E-state index in [0.717, 1.165) is 26.6 Å². The molecule has 0 atom stereocenters. The van der Waals surface area contributed by atoms with Crippen LogP contribution in [0, 0.1) is 6.92 Å². The van der Waals surface area contributed by atoms with Crippen LogP contribution in [0.5, 0.6) is 0 Å². The zero-order chi connectivity index (χ0) is 15.5. The van der Waals surface area contributed by atoms with Gasteiger partial charge in [-0.3, -0.25) is 0 Å². The van der Waals surface area contributed by atoms with E-state index in [0.29, 0.717) is 5.56 Å². The fraction of sp³-hybridized carbons (Fsp3) is 0.111. The van der Waals surface area contributed by atoms with Gasteiger partial charge in [0.15, 0.2) is 0 Å². The number of pyridine rings is 1. The SMILES string of the molecule is Cc1ccccc1C(=O)OCc1ccc2cc(Br)ccc2n1. The van der Waals surface area contributed by atoms with Crippen molar-refractivity contribution in [3.05, 3.63) is 75.9 Å². The van der Waals surface area contributed by atoms with Gasteiger partial charge in [-0.05, 0) is 42.8 Å². The highest BCUT2D eigenvalue weighted by Gasteiger charge is 2.10. The Bertz CT molecular complexity index is 845. The lowest BCUT2D eigenvalue weighted by Gasteiger charge is -2.07. The van der Waals surface area contributed by atoms with Gasteiger partial charge in [0, 0.05) is 9.86 Å². The summed E-state index contributed by atoms with van der Waals surface area (Å²) in [5.41, 5.74) is 3.11. The highest BCUT2D eigenvalue weighted by atomic mass is 79.9. The smallest absolute Gasteiger partial charge is 0.338 e. The third-order valence-electron chi connectivity index (χ3n) is 3.43. The lowest BCUT2D eigenvalue weighted by molar-refractivity contribution is 0.0467. The largest absolute Gasteiger partial charge is 0.456 e. The number of aryl methyl sites for hydroxylation is 1. The van der Waals surface area contributed by atoms with Crippen molar-refractivity contribution in [2.75, 3.05) is 0 Å². The van der Waals surface area contributed by atoms with E-state index in [4.69, 9.17) is 4.74 Å². The fourth-order valence-electron chi connectivity index (χ4n) is 2.24. The Hall–Kier alpha value is -2.20. The molecule has 3 aromatic rings. The molecule has 0 amide bonds. The number of fused-ring (bicyclic) bond motifs is 1. The number of hydrogen-bond donors (Lipinski definition) is 0. The molecule has 0 unspecified atom stereocenters.